The molecular formula is C18H25N3O2S2. The topological polar surface area (TPSA) is 54.5 Å². The maximum Gasteiger partial charge on any atom is 0.317 e. The van der Waals surface area contributed by atoms with Crippen LogP contribution in [0.3, 0.4) is 0 Å². The van der Waals surface area contributed by atoms with Crippen molar-refractivity contribution in [2.75, 3.05) is 26.2 Å². The van der Waals surface area contributed by atoms with Gasteiger partial charge in [0, 0.05) is 36.5 Å². The Morgan fingerprint density at radius 1 is 1.48 bits per heavy atom. The molecule has 25 heavy (non-hydrogen) atoms. The quantitative estimate of drug-likeness (QED) is 0.827. The Bertz CT molecular complexity index is 696. The van der Waals surface area contributed by atoms with Gasteiger partial charge in [-0.25, -0.2) is 9.78 Å². The smallest absolute Gasteiger partial charge is 0.317 e. The summed E-state index contributed by atoms with van der Waals surface area (Å²) in [6, 6.07) is 4.27. The van der Waals surface area contributed by atoms with E-state index in [4.69, 9.17) is 4.74 Å². The first-order valence-electron chi connectivity index (χ1n) is 8.81. The standard InChI is InChI=1S/C18H25N3O2S2/c1-3-23-14-5-4-10-21(11-14)18(22)19-9-8-15-6-7-17(25-15)16-12-24-13(2)20-16/h6-7,12,14H,3-5,8-11H2,1-2H3,(H,19,22). The number of aryl methyl sites for hydroxylation is 1. The summed E-state index contributed by atoms with van der Waals surface area (Å²) in [5.41, 5.74) is 1.05. The van der Waals surface area contributed by atoms with Crippen molar-refractivity contribution in [2.24, 2.45) is 0 Å². The van der Waals surface area contributed by atoms with Crippen LogP contribution < -0.4 is 5.32 Å². The zero-order valence-corrected chi connectivity index (χ0v) is 16.4. The van der Waals surface area contributed by atoms with Gasteiger partial charge in [-0.2, -0.15) is 0 Å². The molecule has 0 bridgehead atoms. The van der Waals surface area contributed by atoms with Gasteiger partial charge in [0.15, 0.2) is 0 Å². The number of amides is 2. The number of ether oxygens (including phenoxy) is 1. The van der Waals surface area contributed by atoms with E-state index in [1.807, 2.05) is 18.7 Å². The first-order valence-corrected chi connectivity index (χ1v) is 10.5. The number of rotatable bonds is 6. The minimum absolute atomic E-state index is 0.0244. The number of thiazole rings is 1. The van der Waals surface area contributed by atoms with Crippen LogP contribution in [0, 0.1) is 6.92 Å². The van der Waals surface area contributed by atoms with Crippen molar-refractivity contribution in [1.82, 2.24) is 15.2 Å². The molecular weight excluding hydrogens is 354 g/mol. The molecule has 2 aromatic rings. The zero-order chi connectivity index (χ0) is 17.6. The van der Waals surface area contributed by atoms with Gasteiger partial charge in [-0.05, 0) is 45.2 Å². The van der Waals surface area contributed by atoms with E-state index in [1.54, 1.807) is 22.7 Å². The van der Waals surface area contributed by atoms with Crippen LogP contribution >= 0.6 is 22.7 Å². The van der Waals surface area contributed by atoms with Gasteiger partial charge in [0.25, 0.3) is 0 Å². The molecule has 1 atom stereocenters. The lowest BCUT2D eigenvalue weighted by atomic mass is 10.1. The molecule has 1 aliphatic rings. The monoisotopic (exact) mass is 379 g/mol. The van der Waals surface area contributed by atoms with Crippen LogP contribution in [0.15, 0.2) is 17.5 Å². The molecule has 1 saturated heterocycles. The number of likely N-dealkylation sites (tertiary alicyclic amines) is 1. The molecule has 1 fully saturated rings. The molecule has 0 saturated carbocycles. The van der Waals surface area contributed by atoms with Crippen molar-refractivity contribution in [2.45, 2.75) is 39.2 Å². The van der Waals surface area contributed by atoms with Crippen molar-refractivity contribution >= 4 is 28.7 Å². The van der Waals surface area contributed by atoms with Crippen LogP contribution in [0.4, 0.5) is 4.79 Å². The molecule has 3 heterocycles. The molecule has 5 nitrogen and oxygen atoms in total. The minimum atomic E-state index is 0.0244. The number of hydrogen-bond acceptors (Lipinski definition) is 5. The molecule has 1 unspecified atom stereocenters. The van der Waals surface area contributed by atoms with E-state index in [2.05, 4.69) is 27.8 Å². The highest BCUT2D eigenvalue weighted by Crippen LogP contribution is 2.29. The number of carbonyl (C=O) groups is 1. The second-order valence-electron chi connectivity index (χ2n) is 6.17. The van der Waals surface area contributed by atoms with E-state index in [9.17, 15) is 4.79 Å². The fraction of sp³-hybridized carbons (Fsp3) is 0.556. The first-order chi connectivity index (χ1) is 12.2. The summed E-state index contributed by atoms with van der Waals surface area (Å²) in [4.78, 5) is 21.2. The lowest BCUT2D eigenvalue weighted by Crippen LogP contribution is -2.48. The van der Waals surface area contributed by atoms with Crippen molar-refractivity contribution in [1.29, 1.82) is 0 Å². The van der Waals surface area contributed by atoms with Crippen molar-refractivity contribution < 1.29 is 9.53 Å². The van der Waals surface area contributed by atoms with E-state index in [-0.39, 0.29) is 12.1 Å². The van der Waals surface area contributed by atoms with Gasteiger partial charge >= 0.3 is 6.03 Å². The average Bonchev–Trinajstić information content (AvgIpc) is 3.24. The fourth-order valence-electron chi connectivity index (χ4n) is 3.03. The number of nitrogens with one attached hydrogen (secondary N) is 1. The van der Waals surface area contributed by atoms with Gasteiger partial charge in [0.05, 0.1) is 21.7 Å². The Labute approximate surface area is 157 Å². The highest BCUT2D eigenvalue weighted by atomic mass is 32.1. The molecule has 2 amide bonds. The molecule has 7 heteroatoms. The van der Waals surface area contributed by atoms with Crippen LogP contribution in [-0.4, -0.2) is 48.3 Å². The largest absolute Gasteiger partial charge is 0.377 e. The second-order valence-corrected chi connectivity index (χ2v) is 8.40. The number of urea groups is 1. The van der Waals surface area contributed by atoms with E-state index < -0.39 is 0 Å². The lowest BCUT2D eigenvalue weighted by Gasteiger charge is -2.32. The summed E-state index contributed by atoms with van der Waals surface area (Å²) < 4.78 is 5.66. The minimum Gasteiger partial charge on any atom is -0.377 e. The first kappa shape index (κ1) is 18.4. The van der Waals surface area contributed by atoms with Crippen LogP contribution in [0.25, 0.3) is 10.6 Å². The zero-order valence-electron chi connectivity index (χ0n) is 14.8. The number of carbonyl (C=O) groups excluding carboxylic acids is 1. The third-order valence-electron chi connectivity index (χ3n) is 4.25. The molecule has 1 aliphatic heterocycles. The predicted octanol–water partition coefficient (Wildman–Crippen LogP) is 3.93. The normalized spacial score (nSPS) is 17.7. The average molecular weight is 380 g/mol. The van der Waals surface area contributed by atoms with E-state index in [0.717, 1.165) is 36.5 Å². The Morgan fingerprint density at radius 2 is 2.36 bits per heavy atom. The molecule has 0 spiro atoms. The maximum atomic E-state index is 12.3. The summed E-state index contributed by atoms with van der Waals surface area (Å²) in [6.45, 7) is 6.91. The molecule has 0 aliphatic carbocycles. The van der Waals surface area contributed by atoms with E-state index >= 15 is 0 Å². The Balaban J connectivity index is 1.45. The van der Waals surface area contributed by atoms with Crippen LogP contribution in [0.5, 0.6) is 0 Å². The number of piperidine rings is 1. The molecule has 0 aromatic carbocycles. The molecule has 0 radical (unpaired) electrons. The third-order valence-corrected chi connectivity index (χ3v) is 6.19. The van der Waals surface area contributed by atoms with Gasteiger partial charge in [-0.3, -0.25) is 0 Å². The number of thiophene rings is 1. The number of hydrogen-bond donors (Lipinski definition) is 1. The van der Waals surface area contributed by atoms with Gasteiger partial charge in [0.2, 0.25) is 0 Å². The van der Waals surface area contributed by atoms with Crippen molar-refractivity contribution in [3.63, 3.8) is 0 Å². The van der Waals surface area contributed by atoms with Crippen LogP contribution in [0.1, 0.15) is 29.7 Å². The Kier molecular flexibility index (Phi) is 6.45. The van der Waals surface area contributed by atoms with Crippen LogP contribution in [-0.2, 0) is 11.2 Å². The summed E-state index contributed by atoms with van der Waals surface area (Å²) >= 11 is 3.43. The number of nitrogens with zero attached hydrogens (tertiary/aromatic N) is 2. The van der Waals surface area contributed by atoms with Gasteiger partial charge in [0.1, 0.15) is 0 Å². The SMILES string of the molecule is CCOC1CCCN(C(=O)NCCc2ccc(-c3csc(C)n3)s2)C1. The fourth-order valence-corrected chi connectivity index (χ4v) is 4.68. The molecule has 136 valence electrons. The lowest BCUT2D eigenvalue weighted by molar-refractivity contribution is 0.0165. The summed E-state index contributed by atoms with van der Waals surface area (Å²) in [6.07, 6.45) is 3.10. The summed E-state index contributed by atoms with van der Waals surface area (Å²) in [5, 5.41) is 6.22. The number of aromatic nitrogens is 1. The molecule has 2 aromatic heterocycles. The third kappa shape index (κ3) is 5.03. The Morgan fingerprint density at radius 3 is 3.12 bits per heavy atom. The predicted molar refractivity (Wildman–Crippen MR) is 103 cm³/mol. The van der Waals surface area contributed by atoms with Gasteiger partial charge < -0.3 is 15.0 Å². The van der Waals surface area contributed by atoms with E-state index in [1.165, 1.54) is 9.75 Å². The summed E-state index contributed by atoms with van der Waals surface area (Å²) in [7, 11) is 0. The highest BCUT2D eigenvalue weighted by molar-refractivity contribution is 7.16. The molecule has 1 N–H and O–H groups in total. The van der Waals surface area contributed by atoms with Crippen LogP contribution in [0.2, 0.25) is 0 Å². The molecule has 3 rings (SSSR count). The highest BCUT2D eigenvalue weighted by Gasteiger charge is 2.23. The Hall–Kier alpha value is -1.44. The van der Waals surface area contributed by atoms with Gasteiger partial charge in [-0.1, -0.05) is 0 Å². The van der Waals surface area contributed by atoms with E-state index in [0.29, 0.717) is 19.7 Å². The summed E-state index contributed by atoms with van der Waals surface area (Å²) in [5.74, 6) is 0. The van der Waals surface area contributed by atoms with Gasteiger partial charge in [-0.15, -0.1) is 22.7 Å². The van der Waals surface area contributed by atoms with Crippen molar-refractivity contribution in [3.05, 3.63) is 27.4 Å². The second kappa shape index (κ2) is 8.78. The van der Waals surface area contributed by atoms with Crippen molar-refractivity contribution in [3.8, 4) is 10.6 Å². The maximum absolute atomic E-state index is 12.3.